The minimum atomic E-state index is -0.568. The highest BCUT2D eigenvalue weighted by atomic mass is 16.6. The Kier molecular flexibility index (Phi) is 26.1. The molecule has 0 aliphatic rings. The van der Waals surface area contributed by atoms with Gasteiger partial charge in [0.05, 0.1) is 0 Å². The Balaban J connectivity index is 0.000000660. The number of carbonyl (C=O) groups excluding carboxylic acids is 6. The van der Waals surface area contributed by atoms with Gasteiger partial charge in [-0.2, -0.15) is 0 Å². The average molecular weight is 922 g/mol. The predicted octanol–water partition coefficient (Wildman–Crippen LogP) is 8.73. The Bertz CT molecular complexity index is 1870. The van der Waals surface area contributed by atoms with Crippen LogP contribution < -0.4 is 14.8 Å². The van der Waals surface area contributed by atoms with Gasteiger partial charge in [0, 0.05) is 40.7 Å². The largest absolute Gasteiger partial charge is 0.490 e. The minimum absolute atomic E-state index is 0.00902. The zero-order valence-corrected chi connectivity index (χ0v) is 40.4. The van der Waals surface area contributed by atoms with Crippen molar-refractivity contribution in [1.29, 1.82) is 0 Å². The lowest BCUT2D eigenvalue weighted by Crippen LogP contribution is -2.30. The van der Waals surface area contributed by atoms with Gasteiger partial charge in [0.15, 0.2) is 0 Å². The van der Waals surface area contributed by atoms with Crippen molar-refractivity contribution < 1.29 is 66.7 Å². The molecule has 364 valence electrons. The van der Waals surface area contributed by atoms with E-state index in [9.17, 15) is 28.8 Å². The molecule has 1 unspecified atom stereocenters. The van der Waals surface area contributed by atoms with E-state index < -0.39 is 30.0 Å². The molecule has 0 saturated heterocycles. The third-order valence-corrected chi connectivity index (χ3v) is 9.66. The van der Waals surface area contributed by atoms with Crippen LogP contribution in [0.1, 0.15) is 99.1 Å². The lowest BCUT2D eigenvalue weighted by Gasteiger charge is -2.28. The summed E-state index contributed by atoms with van der Waals surface area (Å²) in [6, 6.07) is 15.7. The maximum atomic E-state index is 11.8. The summed E-state index contributed by atoms with van der Waals surface area (Å²) in [5.74, 6) is -0.500. The van der Waals surface area contributed by atoms with Crippen LogP contribution >= 0.6 is 0 Å². The Morgan fingerprint density at radius 1 is 0.530 bits per heavy atom. The van der Waals surface area contributed by atoms with Crippen LogP contribution in [0.5, 0.6) is 11.5 Å². The maximum Gasteiger partial charge on any atom is 0.407 e. The van der Waals surface area contributed by atoms with E-state index >= 15 is 0 Å². The molecular formula is C51H71NO14. The Labute approximate surface area is 390 Å². The van der Waals surface area contributed by atoms with Gasteiger partial charge in [-0.3, -0.25) is 4.79 Å². The molecule has 2 rings (SSSR count). The number of nitrogens with one attached hydrogen (secondary N) is 1. The fraction of sp³-hybridized carbons (Fsp3) is 0.490. The first-order chi connectivity index (χ1) is 30.9. The molecule has 2 aromatic rings. The van der Waals surface area contributed by atoms with Crippen molar-refractivity contribution in [3.05, 3.63) is 108 Å². The van der Waals surface area contributed by atoms with Crippen molar-refractivity contribution in [3.63, 3.8) is 0 Å². The summed E-state index contributed by atoms with van der Waals surface area (Å²) in [6.45, 7) is 32.2. The minimum Gasteiger partial charge on any atom is -0.490 e. The zero-order chi connectivity index (χ0) is 49.9. The third kappa shape index (κ3) is 24.6. The fourth-order valence-corrected chi connectivity index (χ4v) is 5.88. The van der Waals surface area contributed by atoms with Gasteiger partial charge in [-0.25, -0.2) is 24.0 Å². The first kappa shape index (κ1) is 57.6. The Morgan fingerprint density at radius 3 is 1.26 bits per heavy atom. The van der Waals surface area contributed by atoms with Gasteiger partial charge in [0.1, 0.15) is 64.4 Å². The molecule has 0 heterocycles. The van der Waals surface area contributed by atoms with Gasteiger partial charge in [0.2, 0.25) is 0 Å². The molecule has 0 spiro atoms. The van der Waals surface area contributed by atoms with Crippen molar-refractivity contribution in [1.82, 2.24) is 5.32 Å². The summed E-state index contributed by atoms with van der Waals surface area (Å²) in [4.78, 5) is 68.8. The van der Waals surface area contributed by atoms with Gasteiger partial charge in [-0.05, 0) is 93.7 Å². The average Bonchev–Trinajstić information content (AvgIpc) is 3.25. The molecule has 0 radical (unpaired) electrons. The van der Waals surface area contributed by atoms with E-state index in [0.717, 1.165) is 24.0 Å². The molecule has 15 heteroatoms. The van der Waals surface area contributed by atoms with Gasteiger partial charge in [0.25, 0.3) is 0 Å². The van der Waals surface area contributed by atoms with Crippen LogP contribution in [0.25, 0.3) is 0 Å². The summed E-state index contributed by atoms with van der Waals surface area (Å²) in [5, 5.41) is 2.68. The summed E-state index contributed by atoms with van der Waals surface area (Å²) in [5.41, 5.74) is 3.29. The molecule has 0 aliphatic heterocycles. The highest BCUT2D eigenvalue weighted by Crippen LogP contribution is 2.34. The maximum absolute atomic E-state index is 11.8. The lowest BCUT2D eigenvalue weighted by molar-refractivity contribution is -0.150. The van der Waals surface area contributed by atoms with Crippen molar-refractivity contribution >= 4 is 35.9 Å². The summed E-state index contributed by atoms with van der Waals surface area (Å²) >= 11 is 0. The first-order valence-corrected chi connectivity index (χ1v) is 21.8. The van der Waals surface area contributed by atoms with Crippen LogP contribution in [0.2, 0.25) is 0 Å². The fourth-order valence-electron chi connectivity index (χ4n) is 5.88. The summed E-state index contributed by atoms with van der Waals surface area (Å²) < 4.78 is 41.1. The van der Waals surface area contributed by atoms with Crippen LogP contribution in [-0.2, 0) is 57.8 Å². The first-order valence-electron chi connectivity index (χ1n) is 21.8. The van der Waals surface area contributed by atoms with E-state index in [1.54, 1.807) is 20.8 Å². The molecule has 0 aromatic heterocycles. The number of carbonyl (C=O) groups is 6. The normalized spacial score (nSPS) is 11.2. The Hall–Kier alpha value is -6.38. The van der Waals surface area contributed by atoms with Crippen molar-refractivity contribution in [2.45, 2.75) is 93.4 Å². The van der Waals surface area contributed by atoms with Gasteiger partial charge in [-0.15, -0.1) is 0 Å². The van der Waals surface area contributed by atoms with Crippen LogP contribution in [0, 0.1) is 11.3 Å². The van der Waals surface area contributed by atoms with Crippen LogP contribution in [0.4, 0.5) is 4.79 Å². The highest BCUT2D eigenvalue weighted by Gasteiger charge is 2.24. The number of benzene rings is 2. The van der Waals surface area contributed by atoms with Gasteiger partial charge >= 0.3 is 35.9 Å². The van der Waals surface area contributed by atoms with Crippen molar-refractivity contribution in [2.75, 3.05) is 59.4 Å². The molecule has 1 N–H and O–H groups in total. The molecule has 0 fully saturated rings. The Morgan fingerprint density at radius 2 is 0.879 bits per heavy atom. The smallest absolute Gasteiger partial charge is 0.407 e. The summed E-state index contributed by atoms with van der Waals surface area (Å²) in [7, 11) is 0. The monoisotopic (exact) mass is 921 g/mol. The lowest BCUT2D eigenvalue weighted by atomic mass is 9.78. The van der Waals surface area contributed by atoms with Crippen LogP contribution in [0.3, 0.4) is 0 Å². The van der Waals surface area contributed by atoms with E-state index in [2.05, 4.69) is 66.3 Å². The zero-order valence-electron chi connectivity index (χ0n) is 40.4. The number of hydrogen-bond acceptors (Lipinski definition) is 14. The molecule has 15 nitrogen and oxygen atoms in total. The highest BCUT2D eigenvalue weighted by molar-refractivity contribution is 5.88. The number of rotatable bonds is 28. The van der Waals surface area contributed by atoms with Gasteiger partial charge in [-0.1, -0.05) is 85.2 Å². The van der Waals surface area contributed by atoms with Gasteiger partial charge < -0.3 is 43.2 Å². The van der Waals surface area contributed by atoms with Crippen molar-refractivity contribution in [2.24, 2.45) is 11.3 Å². The standard InChI is InChI=1S/C27H32O6.C24H39NO8/c1-19(2)25(28)32-17-15-30-23-11-7-21(8-12-23)27(5,6)22-9-13-24(14-10-22)31-16-18-33-26(29)20(3)4;1-17(2)21(27)31-13-12-30-20(26)9-8-19(5)16-24(6,7)10-11-25-23(29)33-15-14-32-22(28)18(3)4/h7-14H,1,3,15-18H2,2,4-6H3;19H,1,3,8-16H2,2,4-7H3,(H,25,29). The topological polar surface area (TPSA) is 188 Å². The van der Waals surface area contributed by atoms with E-state index in [1.165, 1.54) is 6.92 Å². The second-order valence-electron chi connectivity index (χ2n) is 17.1. The predicted molar refractivity (Wildman–Crippen MR) is 251 cm³/mol. The molecule has 0 bridgehead atoms. The van der Waals surface area contributed by atoms with Crippen molar-refractivity contribution in [3.8, 4) is 11.5 Å². The molecule has 0 aliphatic carbocycles. The molecule has 0 saturated carbocycles. The van der Waals surface area contributed by atoms with E-state index in [1.807, 2.05) is 48.5 Å². The number of hydrogen-bond donors (Lipinski definition) is 1. The van der Waals surface area contributed by atoms with Crippen LogP contribution in [0.15, 0.2) is 97.1 Å². The molecule has 66 heavy (non-hydrogen) atoms. The second kappa shape index (κ2) is 29.9. The second-order valence-corrected chi connectivity index (χ2v) is 17.1. The molecule has 2 aromatic carbocycles. The molecule has 1 atom stereocenters. The molecular weight excluding hydrogens is 851 g/mol. The summed E-state index contributed by atoms with van der Waals surface area (Å²) in [6.07, 6.45) is 1.99. The molecule has 1 amide bonds. The number of ether oxygens (including phenoxy) is 8. The number of esters is 5. The SMILES string of the molecule is C=C(C)C(=O)OCCOC(=O)CCC(C)CC(C)(C)CCNC(=O)OCCOC(=O)C(=C)C.C=C(C)C(=O)OCCOc1ccc(C(C)(C)c2ccc(OCCOC(=O)C(=C)C)cc2)cc1. The number of alkyl carbamates (subject to hydrolysis) is 1. The number of amides is 1. The van der Waals surface area contributed by atoms with E-state index in [0.29, 0.717) is 41.2 Å². The third-order valence-electron chi connectivity index (χ3n) is 9.66. The van der Waals surface area contributed by atoms with E-state index in [-0.39, 0.29) is 87.6 Å². The van der Waals surface area contributed by atoms with E-state index in [4.69, 9.17) is 37.9 Å². The van der Waals surface area contributed by atoms with Crippen LogP contribution in [-0.4, -0.2) is 95.3 Å². The quantitative estimate of drug-likeness (QED) is 0.0369.